The van der Waals surface area contributed by atoms with E-state index in [1.807, 2.05) is 17.9 Å². The summed E-state index contributed by atoms with van der Waals surface area (Å²) >= 11 is 6.04. The number of piperidine rings is 1. The molecule has 5 nitrogen and oxygen atoms in total. The van der Waals surface area contributed by atoms with Crippen LogP contribution in [0.5, 0.6) is 0 Å². The first kappa shape index (κ1) is 23.6. The van der Waals surface area contributed by atoms with Crippen molar-refractivity contribution in [3.8, 4) is 11.5 Å². The maximum absolute atomic E-state index is 13.6. The Bertz CT molecular complexity index is 1390. The van der Waals surface area contributed by atoms with Crippen LogP contribution in [0, 0.1) is 12.8 Å². The van der Waals surface area contributed by atoms with Gasteiger partial charge in [-0.15, -0.1) is 0 Å². The molecule has 0 N–H and O–H groups in total. The van der Waals surface area contributed by atoms with E-state index in [9.17, 15) is 8.42 Å². The molecule has 1 aromatic heterocycles. The van der Waals surface area contributed by atoms with Gasteiger partial charge in [0.25, 0.3) is 0 Å². The number of rotatable bonds is 6. The van der Waals surface area contributed by atoms with Crippen molar-refractivity contribution in [2.45, 2.75) is 36.1 Å². The molecule has 7 heteroatoms. The number of aromatic nitrogens is 1. The van der Waals surface area contributed by atoms with Gasteiger partial charge < -0.3 is 9.32 Å². The number of benzene rings is 3. The molecular formula is C28H27ClN2O3S. The number of oxazole rings is 1. The number of sulfone groups is 1. The average Bonchev–Trinajstić information content (AvgIpc) is 3.32. The first-order chi connectivity index (χ1) is 16.9. The van der Waals surface area contributed by atoms with Crippen LogP contribution in [0.4, 0.5) is 5.88 Å². The van der Waals surface area contributed by atoms with E-state index in [1.165, 1.54) is 5.56 Å². The van der Waals surface area contributed by atoms with Gasteiger partial charge in [-0.2, -0.15) is 4.98 Å². The maximum atomic E-state index is 13.6. The van der Waals surface area contributed by atoms with Crippen LogP contribution in [-0.4, -0.2) is 26.5 Å². The van der Waals surface area contributed by atoms with Gasteiger partial charge in [-0.05, 0) is 74.1 Å². The Balaban J connectivity index is 1.46. The van der Waals surface area contributed by atoms with E-state index in [1.54, 1.807) is 48.5 Å². The number of nitrogens with zero attached hydrogens (tertiary/aromatic N) is 2. The van der Waals surface area contributed by atoms with E-state index in [4.69, 9.17) is 16.0 Å². The van der Waals surface area contributed by atoms with Crippen LogP contribution in [0.25, 0.3) is 11.5 Å². The minimum atomic E-state index is -3.87. The van der Waals surface area contributed by atoms with Gasteiger partial charge in [0.15, 0.2) is 0 Å². The monoisotopic (exact) mass is 506 g/mol. The van der Waals surface area contributed by atoms with Gasteiger partial charge in [-0.3, -0.25) is 0 Å². The fourth-order valence-corrected chi connectivity index (χ4v) is 5.95. The molecule has 0 saturated carbocycles. The molecule has 0 aliphatic carbocycles. The molecule has 0 atom stereocenters. The first-order valence-electron chi connectivity index (χ1n) is 11.8. The van der Waals surface area contributed by atoms with Gasteiger partial charge in [0.1, 0.15) is 0 Å². The molecule has 0 radical (unpaired) electrons. The first-order valence-corrected chi connectivity index (χ1v) is 13.6. The van der Waals surface area contributed by atoms with Crippen molar-refractivity contribution < 1.29 is 12.8 Å². The van der Waals surface area contributed by atoms with Crippen molar-refractivity contribution in [2.24, 2.45) is 5.92 Å². The Hall–Kier alpha value is -3.09. The van der Waals surface area contributed by atoms with Crippen molar-refractivity contribution in [3.05, 3.63) is 95.0 Å². The molecule has 1 aliphatic rings. The highest BCUT2D eigenvalue weighted by Crippen LogP contribution is 2.37. The standard InChI is InChI=1S/C28H27ClN2O3S/c1-20-7-13-25(14-8-20)35(32,33)27-28(34-26(30-27)23-9-11-24(29)12-10-23)31-17-15-22(16-18-31)19-21-5-3-2-4-6-21/h2-14,22H,15-19H2,1H3. The predicted molar refractivity (Wildman–Crippen MR) is 139 cm³/mol. The van der Waals surface area contributed by atoms with Crippen molar-refractivity contribution in [1.29, 1.82) is 0 Å². The van der Waals surface area contributed by atoms with Crippen LogP contribution < -0.4 is 4.90 Å². The van der Waals surface area contributed by atoms with Crippen LogP contribution in [0.2, 0.25) is 5.02 Å². The highest BCUT2D eigenvalue weighted by atomic mass is 35.5. The van der Waals surface area contributed by atoms with Gasteiger partial charge in [0, 0.05) is 23.7 Å². The summed E-state index contributed by atoms with van der Waals surface area (Å²) in [7, 11) is -3.87. The predicted octanol–water partition coefficient (Wildman–Crippen LogP) is 6.60. The molecule has 35 heavy (non-hydrogen) atoms. The summed E-state index contributed by atoms with van der Waals surface area (Å²) in [5, 5.41) is 0.557. The average molecular weight is 507 g/mol. The van der Waals surface area contributed by atoms with Gasteiger partial charge in [0.2, 0.25) is 26.6 Å². The lowest BCUT2D eigenvalue weighted by Gasteiger charge is -2.32. The van der Waals surface area contributed by atoms with E-state index in [0.717, 1.165) is 24.8 Å². The van der Waals surface area contributed by atoms with Gasteiger partial charge in [-0.25, -0.2) is 8.42 Å². The second kappa shape index (κ2) is 9.88. The number of anilines is 1. The number of halogens is 1. The molecule has 1 aliphatic heterocycles. The molecule has 4 aromatic rings. The van der Waals surface area contributed by atoms with Crippen molar-refractivity contribution >= 4 is 27.3 Å². The molecule has 0 bridgehead atoms. The summed E-state index contributed by atoms with van der Waals surface area (Å²) in [5.74, 6) is 1.13. The largest absolute Gasteiger partial charge is 0.419 e. The van der Waals surface area contributed by atoms with Gasteiger partial charge in [0.05, 0.1) is 4.90 Å². The van der Waals surface area contributed by atoms with E-state index in [0.29, 0.717) is 35.5 Å². The van der Waals surface area contributed by atoms with Crippen LogP contribution in [-0.2, 0) is 16.3 Å². The molecule has 5 rings (SSSR count). The van der Waals surface area contributed by atoms with Gasteiger partial charge >= 0.3 is 0 Å². The molecule has 2 heterocycles. The third-order valence-corrected chi connectivity index (χ3v) is 8.45. The molecule has 180 valence electrons. The zero-order chi connectivity index (χ0) is 24.4. The zero-order valence-electron chi connectivity index (χ0n) is 19.5. The number of hydrogen-bond acceptors (Lipinski definition) is 5. The highest BCUT2D eigenvalue weighted by Gasteiger charge is 2.33. The van der Waals surface area contributed by atoms with E-state index >= 15 is 0 Å². The lowest BCUT2D eigenvalue weighted by Crippen LogP contribution is -2.34. The van der Waals surface area contributed by atoms with Crippen molar-refractivity contribution in [1.82, 2.24) is 4.98 Å². The quantitative estimate of drug-likeness (QED) is 0.295. The summed E-state index contributed by atoms with van der Waals surface area (Å²) in [4.78, 5) is 6.73. The fraction of sp³-hybridized carbons (Fsp3) is 0.250. The maximum Gasteiger partial charge on any atom is 0.236 e. The van der Waals surface area contributed by atoms with Gasteiger partial charge in [-0.1, -0.05) is 59.6 Å². The van der Waals surface area contributed by atoms with Crippen LogP contribution in [0.1, 0.15) is 24.0 Å². The van der Waals surface area contributed by atoms with E-state index < -0.39 is 9.84 Å². The Kier molecular flexibility index (Phi) is 6.67. The Morgan fingerprint density at radius 1 is 0.943 bits per heavy atom. The third kappa shape index (κ3) is 5.14. The second-order valence-corrected chi connectivity index (χ2v) is 11.4. The molecule has 3 aromatic carbocycles. The molecule has 1 fully saturated rings. The molecule has 1 saturated heterocycles. The Labute approximate surface area is 211 Å². The highest BCUT2D eigenvalue weighted by molar-refractivity contribution is 7.91. The van der Waals surface area contributed by atoms with E-state index in [2.05, 4.69) is 29.2 Å². The van der Waals surface area contributed by atoms with Crippen LogP contribution >= 0.6 is 11.6 Å². The lowest BCUT2D eigenvalue weighted by molar-refractivity contribution is 0.387. The van der Waals surface area contributed by atoms with Crippen LogP contribution in [0.3, 0.4) is 0 Å². The Morgan fingerprint density at radius 3 is 2.26 bits per heavy atom. The Morgan fingerprint density at radius 2 is 1.60 bits per heavy atom. The van der Waals surface area contributed by atoms with E-state index in [-0.39, 0.29) is 15.8 Å². The fourth-order valence-electron chi connectivity index (χ4n) is 4.51. The molecule has 0 amide bonds. The minimum Gasteiger partial charge on any atom is -0.419 e. The SMILES string of the molecule is Cc1ccc(S(=O)(=O)c2nc(-c3ccc(Cl)cc3)oc2N2CCC(Cc3ccccc3)CC2)cc1. The summed E-state index contributed by atoms with van der Waals surface area (Å²) < 4.78 is 33.4. The normalized spacial score (nSPS) is 14.9. The summed E-state index contributed by atoms with van der Waals surface area (Å²) in [6.07, 6.45) is 2.93. The minimum absolute atomic E-state index is 0.0344. The van der Waals surface area contributed by atoms with Crippen LogP contribution in [0.15, 0.2) is 93.2 Å². The zero-order valence-corrected chi connectivity index (χ0v) is 21.1. The molecular weight excluding hydrogens is 480 g/mol. The number of hydrogen-bond donors (Lipinski definition) is 0. The number of aryl methyl sites for hydroxylation is 1. The topological polar surface area (TPSA) is 63.4 Å². The third-order valence-electron chi connectivity index (χ3n) is 6.53. The van der Waals surface area contributed by atoms with Crippen molar-refractivity contribution in [3.63, 3.8) is 0 Å². The summed E-state index contributed by atoms with van der Waals surface area (Å²) in [6, 6.07) is 24.4. The second-order valence-electron chi connectivity index (χ2n) is 9.07. The summed E-state index contributed by atoms with van der Waals surface area (Å²) in [5.41, 5.74) is 3.00. The summed E-state index contributed by atoms with van der Waals surface area (Å²) in [6.45, 7) is 3.35. The smallest absolute Gasteiger partial charge is 0.236 e. The molecule has 0 unspecified atom stereocenters. The molecule has 0 spiro atoms. The van der Waals surface area contributed by atoms with Crippen molar-refractivity contribution in [2.75, 3.05) is 18.0 Å². The lowest BCUT2D eigenvalue weighted by atomic mass is 9.90.